The number of halogens is 1. The molecule has 1 saturated heterocycles. The third-order valence-electron chi connectivity index (χ3n) is 6.76. The Hall–Kier alpha value is -4.21. The van der Waals surface area contributed by atoms with Crippen LogP contribution in [-0.2, 0) is 9.59 Å². The van der Waals surface area contributed by atoms with Crippen molar-refractivity contribution >= 4 is 64.1 Å². The number of amides is 2. The monoisotopic (exact) mass is 573 g/mol. The molecule has 1 fully saturated rings. The van der Waals surface area contributed by atoms with Crippen molar-refractivity contribution in [3.05, 3.63) is 77.5 Å². The molecule has 0 radical (unpaired) electrons. The number of rotatable bonds is 8. The number of anilines is 2. The predicted octanol–water partition coefficient (Wildman–Crippen LogP) is 5.56. The predicted molar refractivity (Wildman–Crippen MR) is 169 cm³/mol. The van der Waals surface area contributed by atoms with Crippen LogP contribution >= 0.6 is 11.6 Å². The minimum absolute atomic E-state index is 0.0625. The van der Waals surface area contributed by atoms with Crippen molar-refractivity contribution < 1.29 is 9.59 Å². The molecule has 0 spiro atoms. The number of hydrogen-bond acceptors (Lipinski definition) is 4. The van der Waals surface area contributed by atoms with Crippen molar-refractivity contribution in [1.29, 1.82) is 0 Å². The lowest BCUT2D eigenvalue weighted by molar-refractivity contribution is -0.130. The van der Waals surface area contributed by atoms with Crippen LogP contribution in [0.4, 0.5) is 11.4 Å². The molecule has 3 N–H and O–H groups in total. The van der Waals surface area contributed by atoms with E-state index in [-0.39, 0.29) is 23.7 Å². The van der Waals surface area contributed by atoms with E-state index in [4.69, 9.17) is 11.6 Å². The molecule has 1 aliphatic heterocycles. The SMILES string of the molecule is C=N/C(=N\C(=C(/C)Cl)c1c[nH]c2ccccc12)Nc1cccc(NC(=O)[C@@H]2CCCN(C(=O)/C=C/CN(C)C)C2)c1. The maximum absolute atomic E-state index is 13.1. The second kappa shape index (κ2) is 13.9. The molecule has 0 bridgehead atoms. The molecule has 3 aromatic rings. The molecule has 10 heteroatoms. The van der Waals surface area contributed by atoms with Crippen LogP contribution in [0.5, 0.6) is 0 Å². The van der Waals surface area contributed by atoms with Crippen molar-refractivity contribution in [2.24, 2.45) is 15.9 Å². The largest absolute Gasteiger partial charge is 0.360 e. The van der Waals surface area contributed by atoms with Crippen LogP contribution in [0.25, 0.3) is 16.6 Å². The van der Waals surface area contributed by atoms with Crippen molar-refractivity contribution in [2.75, 3.05) is 44.4 Å². The van der Waals surface area contributed by atoms with Crippen LogP contribution in [-0.4, -0.2) is 73.0 Å². The van der Waals surface area contributed by atoms with Gasteiger partial charge < -0.3 is 25.4 Å². The first-order valence-corrected chi connectivity index (χ1v) is 13.9. The second-order valence-electron chi connectivity index (χ2n) is 10.2. The first-order valence-electron chi connectivity index (χ1n) is 13.5. The first-order chi connectivity index (χ1) is 19.7. The van der Waals surface area contributed by atoms with Gasteiger partial charge in [0.25, 0.3) is 0 Å². The van der Waals surface area contributed by atoms with Gasteiger partial charge in [-0.25, -0.2) is 9.98 Å². The molecule has 1 aliphatic rings. The Bertz CT molecular complexity index is 1500. The number of para-hydroxylation sites is 1. The number of carbonyl (C=O) groups excluding carboxylic acids is 2. The van der Waals surface area contributed by atoms with Gasteiger partial charge in [0.1, 0.15) is 0 Å². The number of aromatic amines is 1. The molecule has 0 saturated carbocycles. The van der Waals surface area contributed by atoms with Crippen LogP contribution < -0.4 is 10.6 Å². The number of aromatic nitrogens is 1. The molecule has 9 nitrogen and oxygen atoms in total. The zero-order valence-corrected chi connectivity index (χ0v) is 24.4. The summed E-state index contributed by atoms with van der Waals surface area (Å²) in [5.74, 6) is -0.200. The summed E-state index contributed by atoms with van der Waals surface area (Å²) in [5.41, 5.74) is 3.69. The first kappa shape index (κ1) is 29.8. The molecule has 1 aromatic heterocycles. The van der Waals surface area contributed by atoms with Gasteiger partial charge in [0.05, 0.1) is 11.6 Å². The maximum atomic E-state index is 13.1. The van der Waals surface area contributed by atoms with Crippen LogP contribution in [0, 0.1) is 5.92 Å². The minimum Gasteiger partial charge on any atom is -0.360 e. The number of benzene rings is 2. The molecule has 2 aromatic carbocycles. The molecule has 0 aliphatic carbocycles. The number of nitrogens with zero attached hydrogens (tertiary/aromatic N) is 4. The van der Waals surface area contributed by atoms with Crippen molar-refractivity contribution in [1.82, 2.24) is 14.8 Å². The van der Waals surface area contributed by atoms with Crippen LogP contribution in [0.2, 0.25) is 0 Å². The number of guanidine groups is 1. The number of hydrogen-bond donors (Lipinski definition) is 3. The Morgan fingerprint density at radius 1 is 1.17 bits per heavy atom. The van der Waals surface area contributed by atoms with E-state index in [2.05, 4.69) is 32.3 Å². The molecule has 41 heavy (non-hydrogen) atoms. The summed E-state index contributed by atoms with van der Waals surface area (Å²) in [6.07, 6.45) is 6.81. The summed E-state index contributed by atoms with van der Waals surface area (Å²) in [4.78, 5) is 41.4. The fourth-order valence-electron chi connectivity index (χ4n) is 4.71. The summed E-state index contributed by atoms with van der Waals surface area (Å²) in [7, 11) is 3.89. The lowest BCUT2D eigenvalue weighted by Gasteiger charge is -2.31. The highest BCUT2D eigenvalue weighted by molar-refractivity contribution is 6.32. The highest BCUT2D eigenvalue weighted by Gasteiger charge is 2.27. The van der Waals surface area contributed by atoms with Gasteiger partial charge in [0.15, 0.2) is 0 Å². The number of nitrogens with one attached hydrogen (secondary N) is 3. The van der Waals surface area contributed by atoms with Gasteiger partial charge in [0, 0.05) is 64.8 Å². The Balaban J connectivity index is 1.44. The van der Waals surface area contributed by atoms with Crippen LogP contribution in [0.15, 0.2) is 81.9 Å². The summed E-state index contributed by atoms with van der Waals surface area (Å²) in [6, 6.07) is 15.2. The Morgan fingerprint density at radius 3 is 2.66 bits per heavy atom. The Kier molecular flexibility index (Phi) is 10.1. The van der Waals surface area contributed by atoms with E-state index >= 15 is 0 Å². The molecule has 1 atom stereocenters. The quantitative estimate of drug-likeness (QED) is 0.186. The average Bonchev–Trinajstić information content (AvgIpc) is 3.39. The maximum Gasteiger partial charge on any atom is 0.246 e. The van der Waals surface area contributed by atoms with Crippen molar-refractivity contribution in [3.8, 4) is 0 Å². The number of piperidine rings is 1. The molecule has 2 heterocycles. The van der Waals surface area contributed by atoms with Gasteiger partial charge in [0.2, 0.25) is 17.8 Å². The third-order valence-corrected chi connectivity index (χ3v) is 6.94. The molecular weight excluding hydrogens is 538 g/mol. The van der Waals surface area contributed by atoms with Gasteiger partial charge in [-0.2, -0.15) is 0 Å². The summed E-state index contributed by atoms with van der Waals surface area (Å²) in [6.45, 7) is 7.18. The summed E-state index contributed by atoms with van der Waals surface area (Å²) in [5, 5.41) is 7.67. The van der Waals surface area contributed by atoms with E-state index in [1.165, 1.54) is 0 Å². The molecular formula is C31H36ClN7O2. The number of carbonyl (C=O) groups is 2. The lowest BCUT2D eigenvalue weighted by atomic mass is 9.97. The number of aliphatic imine (C=N–C) groups is 2. The highest BCUT2D eigenvalue weighted by atomic mass is 35.5. The van der Waals surface area contributed by atoms with Gasteiger partial charge >= 0.3 is 0 Å². The third kappa shape index (κ3) is 7.93. The minimum atomic E-state index is -0.283. The number of likely N-dealkylation sites (N-methyl/N-ethyl adjacent to an activating group) is 1. The summed E-state index contributed by atoms with van der Waals surface area (Å²) < 4.78 is 0. The number of allylic oxidation sites excluding steroid dienone is 1. The van der Waals surface area contributed by atoms with E-state index in [1.54, 1.807) is 24.0 Å². The fraction of sp³-hybridized carbons (Fsp3) is 0.290. The van der Waals surface area contributed by atoms with E-state index in [0.29, 0.717) is 41.7 Å². The number of likely N-dealkylation sites (tertiary alicyclic amines) is 1. The smallest absolute Gasteiger partial charge is 0.246 e. The van der Waals surface area contributed by atoms with Gasteiger partial charge in [-0.05, 0) is 64.8 Å². The topological polar surface area (TPSA) is 105 Å². The van der Waals surface area contributed by atoms with E-state index < -0.39 is 0 Å². The van der Waals surface area contributed by atoms with Crippen molar-refractivity contribution in [3.63, 3.8) is 0 Å². The number of fused-ring (bicyclic) bond motifs is 1. The normalized spacial score (nSPS) is 16.7. The molecule has 0 unspecified atom stereocenters. The summed E-state index contributed by atoms with van der Waals surface area (Å²) >= 11 is 6.45. The standard InChI is InChI=1S/C31H36ClN7O2/c1-21(32)29(26-19-34-27-14-6-5-13-25(26)27)37-31(33-2)36-24-12-7-11-23(18-24)35-30(41)22-10-8-17-39(20-22)28(40)15-9-16-38(3)4/h5-7,9,11-15,18-19,22,34H,2,8,10,16-17,20H2,1,3-4H3,(H,35,41)(H,36,37)/b15-9+,29-21+/t22-/m1/s1. The highest BCUT2D eigenvalue weighted by Crippen LogP contribution is 2.30. The van der Waals surface area contributed by atoms with Gasteiger partial charge in [-0.3, -0.25) is 9.59 Å². The van der Waals surface area contributed by atoms with Crippen LogP contribution in [0.3, 0.4) is 0 Å². The van der Waals surface area contributed by atoms with Crippen molar-refractivity contribution in [2.45, 2.75) is 19.8 Å². The van der Waals surface area contributed by atoms with Gasteiger partial charge in [-0.15, -0.1) is 0 Å². The average molecular weight is 574 g/mol. The second-order valence-corrected chi connectivity index (χ2v) is 10.8. The van der Waals surface area contributed by atoms with Crippen LogP contribution in [0.1, 0.15) is 25.3 Å². The molecule has 2 amide bonds. The molecule has 4 rings (SSSR count). The lowest BCUT2D eigenvalue weighted by Crippen LogP contribution is -2.43. The molecule has 214 valence electrons. The van der Waals surface area contributed by atoms with Gasteiger partial charge in [-0.1, -0.05) is 41.9 Å². The number of H-pyrrole nitrogens is 1. The Labute approximate surface area is 245 Å². The zero-order chi connectivity index (χ0) is 29.4. The van der Waals surface area contributed by atoms with E-state index in [9.17, 15) is 9.59 Å². The van der Waals surface area contributed by atoms with E-state index in [1.807, 2.05) is 73.7 Å². The fourth-order valence-corrected chi connectivity index (χ4v) is 4.85. The zero-order valence-electron chi connectivity index (χ0n) is 23.7. The van der Waals surface area contributed by atoms with E-state index in [0.717, 1.165) is 29.3 Å². The Morgan fingerprint density at radius 2 is 1.93 bits per heavy atom.